The lowest BCUT2D eigenvalue weighted by Gasteiger charge is -2.19. The van der Waals surface area contributed by atoms with E-state index in [9.17, 15) is 14.0 Å². The molecule has 1 aliphatic heterocycles. The summed E-state index contributed by atoms with van der Waals surface area (Å²) < 4.78 is 18.1. The van der Waals surface area contributed by atoms with Gasteiger partial charge in [-0.2, -0.15) is 0 Å². The fourth-order valence-corrected chi connectivity index (χ4v) is 1.89. The molecule has 1 aromatic carbocycles. The van der Waals surface area contributed by atoms with Gasteiger partial charge in [-0.1, -0.05) is 0 Å². The van der Waals surface area contributed by atoms with Gasteiger partial charge in [0.15, 0.2) is 5.41 Å². The summed E-state index contributed by atoms with van der Waals surface area (Å²) in [7, 11) is 0. The number of carbonyl (C=O) groups excluding carboxylic acids is 2. The van der Waals surface area contributed by atoms with Crippen LogP contribution in [0.1, 0.15) is 19.4 Å². The summed E-state index contributed by atoms with van der Waals surface area (Å²) in [6.45, 7) is 3.26. The molecular formula is C12H12FNO3. The molecule has 90 valence electrons. The first kappa shape index (κ1) is 11.6. The lowest BCUT2D eigenvalue weighted by Crippen LogP contribution is -2.40. The fourth-order valence-electron chi connectivity index (χ4n) is 1.89. The average Bonchev–Trinajstić information content (AvgIpc) is 2.54. The van der Waals surface area contributed by atoms with Crippen LogP contribution in [0.4, 0.5) is 10.1 Å². The zero-order chi connectivity index (χ0) is 12.6. The number of carbonyl (C=O) groups is 2. The third-order valence-corrected chi connectivity index (χ3v) is 2.91. The van der Waals surface area contributed by atoms with Crippen molar-refractivity contribution in [3.63, 3.8) is 0 Å². The van der Waals surface area contributed by atoms with Crippen molar-refractivity contribution in [3.8, 4) is 0 Å². The number of rotatable bonds is 2. The van der Waals surface area contributed by atoms with Gasteiger partial charge in [0.05, 0.1) is 6.61 Å². The summed E-state index contributed by atoms with van der Waals surface area (Å²) in [5.74, 6) is -1.64. The van der Waals surface area contributed by atoms with E-state index in [0.29, 0.717) is 11.3 Å². The maximum atomic E-state index is 13.2. The Labute approximate surface area is 97.8 Å². The normalized spacial score (nSPS) is 21.9. The highest BCUT2D eigenvalue weighted by Crippen LogP contribution is 2.38. The van der Waals surface area contributed by atoms with Crippen molar-refractivity contribution in [2.24, 2.45) is 0 Å². The molecule has 5 heteroatoms. The third-order valence-electron chi connectivity index (χ3n) is 2.91. The van der Waals surface area contributed by atoms with E-state index in [1.165, 1.54) is 25.1 Å². The molecule has 1 aliphatic rings. The molecule has 0 saturated carbocycles. The summed E-state index contributed by atoms with van der Waals surface area (Å²) in [4.78, 5) is 23.7. The Morgan fingerprint density at radius 2 is 2.24 bits per heavy atom. The monoisotopic (exact) mass is 237 g/mol. The van der Waals surface area contributed by atoms with Crippen molar-refractivity contribution in [2.45, 2.75) is 19.3 Å². The highest BCUT2D eigenvalue weighted by atomic mass is 19.1. The predicted octanol–water partition coefficient (Wildman–Crippen LogP) is 1.60. The molecule has 0 spiro atoms. The van der Waals surface area contributed by atoms with Gasteiger partial charge >= 0.3 is 5.97 Å². The summed E-state index contributed by atoms with van der Waals surface area (Å²) in [5.41, 5.74) is -0.694. The van der Waals surface area contributed by atoms with Gasteiger partial charge in [-0.15, -0.1) is 0 Å². The van der Waals surface area contributed by atoms with Crippen LogP contribution < -0.4 is 5.32 Å². The Morgan fingerprint density at radius 1 is 1.53 bits per heavy atom. The minimum Gasteiger partial charge on any atom is -0.465 e. The maximum absolute atomic E-state index is 13.2. The summed E-state index contributed by atoms with van der Waals surface area (Å²) in [6, 6.07) is 3.85. The van der Waals surface area contributed by atoms with Crippen molar-refractivity contribution < 1.29 is 18.7 Å². The molecule has 1 unspecified atom stereocenters. The number of halogens is 1. The Morgan fingerprint density at radius 3 is 2.88 bits per heavy atom. The summed E-state index contributed by atoms with van der Waals surface area (Å²) >= 11 is 0. The second-order valence-electron chi connectivity index (χ2n) is 3.99. The second-order valence-corrected chi connectivity index (χ2v) is 3.99. The first-order valence-electron chi connectivity index (χ1n) is 5.29. The van der Waals surface area contributed by atoms with E-state index in [4.69, 9.17) is 4.74 Å². The van der Waals surface area contributed by atoms with E-state index in [1.54, 1.807) is 6.92 Å². The van der Waals surface area contributed by atoms with Gasteiger partial charge in [0.25, 0.3) is 0 Å². The van der Waals surface area contributed by atoms with Crippen LogP contribution in [0.15, 0.2) is 18.2 Å². The molecule has 1 heterocycles. The number of hydrogen-bond acceptors (Lipinski definition) is 3. The van der Waals surface area contributed by atoms with Crippen molar-refractivity contribution in [1.29, 1.82) is 0 Å². The number of ether oxygens (including phenoxy) is 1. The molecular weight excluding hydrogens is 225 g/mol. The number of amides is 1. The molecule has 0 radical (unpaired) electrons. The highest BCUT2D eigenvalue weighted by molar-refractivity contribution is 6.18. The Bertz CT molecular complexity index is 501. The van der Waals surface area contributed by atoms with Crippen LogP contribution in [0.25, 0.3) is 0 Å². The van der Waals surface area contributed by atoms with E-state index >= 15 is 0 Å². The topological polar surface area (TPSA) is 55.4 Å². The summed E-state index contributed by atoms with van der Waals surface area (Å²) in [6.07, 6.45) is 0. The first-order chi connectivity index (χ1) is 8.00. The predicted molar refractivity (Wildman–Crippen MR) is 59.0 cm³/mol. The van der Waals surface area contributed by atoms with Crippen molar-refractivity contribution in [2.75, 3.05) is 11.9 Å². The van der Waals surface area contributed by atoms with Gasteiger partial charge in [-0.05, 0) is 32.0 Å². The number of anilines is 1. The molecule has 0 saturated heterocycles. The van der Waals surface area contributed by atoms with Crippen LogP contribution in [0.5, 0.6) is 0 Å². The van der Waals surface area contributed by atoms with Gasteiger partial charge < -0.3 is 10.1 Å². The van der Waals surface area contributed by atoms with Crippen LogP contribution >= 0.6 is 0 Å². The first-order valence-corrected chi connectivity index (χ1v) is 5.29. The lowest BCUT2D eigenvalue weighted by atomic mass is 9.84. The molecule has 0 bridgehead atoms. The number of esters is 1. The number of benzene rings is 1. The molecule has 0 aliphatic carbocycles. The van der Waals surface area contributed by atoms with Crippen LogP contribution in [0.2, 0.25) is 0 Å². The lowest BCUT2D eigenvalue weighted by molar-refractivity contribution is -0.152. The quantitative estimate of drug-likeness (QED) is 0.628. The molecule has 2 rings (SSSR count). The zero-order valence-electron chi connectivity index (χ0n) is 9.54. The molecule has 0 fully saturated rings. The Hall–Kier alpha value is -1.91. The van der Waals surface area contributed by atoms with Crippen molar-refractivity contribution in [1.82, 2.24) is 0 Å². The van der Waals surface area contributed by atoms with E-state index < -0.39 is 23.1 Å². The number of fused-ring (bicyclic) bond motifs is 1. The molecule has 1 N–H and O–H groups in total. The van der Waals surface area contributed by atoms with Gasteiger partial charge in [0.2, 0.25) is 5.91 Å². The molecule has 1 atom stereocenters. The Kier molecular flexibility index (Phi) is 2.61. The molecule has 1 amide bonds. The molecule has 1 aromatic rings. The Balaban J connectivity index is 2.53. The molecule has 4 nitrogen and oxygen atoms in total. The van der Waals surface area contributed by atoms with Crippen LogP contribution in [0, 0.1) is 5.82 Å². The minimum absolute atomic E-state index is 0.173. The zero-order valence-corrected chi connectivity index (χ0v) is 9.54. The van der Waals surface area contributed by atoms with E-state index in [1.807, 2.05) is 0 Å². The van der Waals surface area contributed by atoms with Gasteiger partial charge in [-0.25, -0.2) is 4.39 Å². The van der Waals surface area contributed by atoms with Crippen LogP contribution in [0.3, 0.4) is 0 Å². The fraction of sp³-hybridized carbons (Fsp3) is 0.333. The number of hydrogen-bond donors (Lipinski definition) is 1. The van der Waals surface area contributed by atoms with Gasteiger partial charge in [0.1, 0.15) is 5.82 Å². The SMILES string of the molecule is CCOC(=O)C1(C)C(=O)Nc2ccc(F)cc21. The summed E-state index contributed by atoms with van der Waals surface area (Å²) in [5, 5.41) is 2.55. The van der Waals surface area contributed by atoms with Crippen molar-refractivity contribution >= 4 is 17.6 Å². The molecule has 17 heavy (non-hydrogen) atoms. The average molecular weight is 237 g/mol. The minimum atomic E-state index is -1.46. The van der Waals surface area contributed by atoms with E-state index in [0.717, 1.165) is 0 Å². The third kappa shape index (κ3) is 1.58. The van der Waals surface area contributed by atoms with Crippen molar-refractivity contribution in [3.05, 3.63) is 29.6 Å². The van der Waals surface area contributed by atoms with Crippen LogP contribution in [-0.4, -0.2) is 18.5 Å². The van der Waals surface area contributed by atoms with Crippen LogP contribution in [-0.2, 0) is 19.7 Å². The van der Waals surface area contributed by atoms with Gasteiger partial charge in [0, 0.05) is 11.3 Å². The van der Waals surface area contributed by atoms with Gasteiger partial charge in [-0.3, -0.25) is 9.59 Å². The van der Waals surface area contributed by atoms with E-state index in [2.05, 4.69) is 5.32 Å². The maximum Gasteiger partial charge on any atom is 0.326 e. The second kappa shape index (κ2) is 3.84. The smallest absolute Gasteiger partial charge is 0.326 e. The van der Waals surface area contributed by atoms with E-state index in [-0.39, 0.29) is 6.61 Å². The number of nitrogens with one attached hydrogen (secondary N) is 1. The molecule has 0 aromatic heterocycles. The standard InChI is InChI=1S/C12H12FNO3/c1-3-17-11(16)12(2)8-6-7(13)4-5-9(8)14-10(12)15/h4-6H,3H2,1-2H3,(H,14,15). The highest BCUT2D eigenvalue weighted by Gasteiger charge is 2.50. The largest absolute Gasteiger partial charge is 0.465 e.